The van der Waals surface area contributed by atoms with E-state index in [2.05, 4.69) is 6.07 Å². The third-order valence-electron chi connectivity index (χ3n) is 3.02. The van der Waals surface area contributed by atoms with Gasteiger partial charge >= 0.3 is 5.97 Å². The monoisotopic (exact) mass is 246 g/mol. The van der Waals surface area contributed by atoms with Gasteiger partial charge in [-0.25, -0.2) is 4.79 Å². The van der Waals surface area contributed by atoms with Crippen molar-refractivity contribution in [2.24, 2.45) is 0 Å². The summed E-state index contributed by atoms with van der Waals surface area (Å²) in [5.74, 6) is -0.649. The number of fused-ring (bicyclic) bond motifs is 1. The first kappa shape index (κ1) is 12.2. The molecule has 0 spiro atoms. The normalized spacial score (nSPS) is 15.2. The number of hydrogen-bond acceptors (Lipinski definition) is 4. The molecule has 2 rings (SSSR count). The van der Waals surface area contributed by atoms with E-state index >= 15 is 0 Å². The van der Waals surface area contributed by atoms with Crippen LogP contribution in [0.2, 0.25) is 0 Å². The first-order valence-electron chi connectivity index (χ1n) is 5.84. The van der Waals surface area contributed by atoms with Crippen molar-refractivity contribution in [2.75, 3.05) is 18.1 Å². The molecule has 0 aliphatic carbocycles. The van der Waals surface area contributed by atoms with Crippen LogP contribution in [0.1, 0.15) is 23.7 Å². The summed E-state index contributed by atoms with van der Waals surface area (Å²) >= 11 is 0. The number of carbonyl (C=O) groups is 1. The Bertz CT molecular complexity index is 507. The van der Waals surface area contributed by atoms with Gasteiger partial charge in [-0.3, -0.25) is 0 Å². The van der Waals surface area contributed by atoms with Gasteiger partial charge in [0.1, 0.15) is 18.2 Å². The average Bonchev–Trinajstić information content (AvgIpc) is 2.39. The minimum absolute atomic E-state index is 0.144. The maximum Gasteiger partial charge on any atom is 0.339 e. The minimum Gasteiger partial charge on any atom is -0.489 e. The van der Waals surface area contributed by atoms with E-state index in [1.54, 1.807) is 12.1 Å². The predicted octanol–water partition coefficient (Wildman–Crippen LogP) is 1.89. The van der Waals surface area contributed by atoms with Gasteiger partial charge in [-0.1, -0.05) is 13.0 Å². The van der Waals surface area contributed by atoms with Crippen LogP contribution in [0.3, 0.4) is 0 Å². The fraction of sp³-hybridized carbons (Fsp3) is 0.385. The quantitative estimate of drug-likeness (QED) is 0.881. The Morgan fingerprint density at radius 3 is 3.06 bits per heavy atom. The van der Waals surface area contributed by atoms with Crippen LogP contribution in [0, 0.1) is 11.3 Å². The van der Waals surface area contributed by atoms with Crippen LogP contribution in [0.25, 0.3) is 0 Å². The zero-order valence-corrected chi connectivity index (χ0v) is 10.1. The summed E-state index contributed by atoms with van der Waals surface area (Å²) in [6, 6.07) is 6.96. The fourth-order valence-corrected chi connectivity index (χ4v) is 2.14. The number of aromatic carboxylic acids is 1. The lowest BCUT2D eigenvalue weighted by Gasteiger charge is -2.34. The van der Waals surface area contributed by atoms with E-state index in [1.807, 2.05) is 11.8 Å². The van der Waals surface area contributed by atoms with Gasteiger partial charge in [-0.2, -0.15) is 5.26 Å². The predicted molar refractivity (Wildman–Crippen MR) is 65.9 cm³/mol. The standard InChI is InChI=1S/C13H14N2O3/c1-2-9(8-14)15-6-7-18-12-10(13(16)17)4-3-5-11(12)15/h3-5,9H,2,6-7H2,1H3,(H,16,17). The molecule has 0 radical (unpaired) electrons. The molecule has 0 aromatic heterocycles. The van der Waals surface area contributed by atoms with Crippen molar-refractivity contribution in [3.05, 3.63) is 23.8 Å². The van der Waals surface area contributed by atoms with Crippen LogP contribution in [-0.2, 0) is 0 Å². The number of benzene rings is 1. The molecule has 1 atom stereocenters. The molecule has 0 saturated carbocycles. The number of rotatable bonds is 3. The second-order valence-corrected chi connectivity index (χ2v) is 4.05. The van der Waals surface area contributed by atoms with Crippen molar-refractivity contribution >= 4 is 11.7 Å². The van der Waals surface area contributed by atoms with Gasteiger partial charge in [0, 0.05) is 0 Å². The molecule has 1 aromatic carbocycles. The van der Waals surface area contributed by atoms with Gasteiger partial charge in [0.25, 0.3) is 0 Å². The molecule has 1 heterocycles. The number of anilines is 1. The Kier molecular flexibility index (Phi) is 3.38. The Balaban J connectivity index is 2.48. The number of ether oxygens (including phenoxy) is 1. The summed E-state index contributed by atoms with van der Waals surface area (Å²) in [4.78, 5) is 13.0. The number of para-hydroxylation sites is 1. The Morgan fingerprint density at radius 2 is 2.44 bits per heavy atom. The number of carboxylic acid groups (broad SMARTS) is 1. The molecule has 1 aromatic rings. The number of nitrogens with zero attached hydrogens (tertiary/aromatic N) is 2. The molecule has 1 aliphatic heterocycles. The zero-order valence-electron chi connectivity index (χ0n) is 10.1. The van der Waals surface area contributed by atoms with E-state index in [0.717, 1.165) is 0 Å². The lowest BCUT2D eigenvalue weighted by Crippen LogP contribution is -2.40. The van der Waals surface area contributed by atoms with E-state index in [0.29, 0.717) is 31.0 Å². The molecule has 5 heteroatoms. The number of hydrogen-bond donors (Lipinski definition) is 1. The van der Waals surface area contributed by atoms with Gasteiger partial charge < -0.3 is 14.7 Å². The van der Waals surface area contributed by atoms with Gasteiger partial charge in [0.2, 0.25) is 0 Å². The number of carboxylic acids is 1. The van der Waals surface area contributed by atoms with E-state index in [1.165, 1.54) is 6.07 Å². The van der Waals surface area contributed by atoms with Gasteiger partial charge in [-0.05, 0) is 18.6 Å². The lowest BCUT2D eigenvalue weighted by molar-refractivity contribution is 0.0692. The topological polar surface area (TPSA) is 73.6 Å². The van der Waals surface area contributed by atoms with Gasteiger partial charge in [0.15, 0.2) is 5.75 Å². The third kappa shape index (κ3) is 1.97. The zero-order chi connectivity index (χ0) is 13.1. The first-order chi connectivity index (χ1) is 8.69. The highest BCUT2D eigenvalue weighted by atomic mass is 16.5. The van der Waals surface area contributed by atoms with Gasteiger partial charge in [-0.15, -0.1) is 0 Å². The summed E-state index contributed by atoms with van der Waals surface area (Å²) in [6.07, 6.45) is 0.688. The van der Waals surface area contributed by atoms with Crippen LogP contribution < -0.4 is 9.64 Å². The summed E-state index contributed by atoms with van der Waals surface area (Å²) in [5.41, 5.74) is 0.833. The largest absolute Gasteiger partial charge is 0.489 e. The molecule has 94 valence electrons. The van der Waals surface area contributed by atoms with E-state index in [9.17, 15) is 4.79 Å². The van der Waals surface area contributed by atoms with E-state index in [4.69, 9.17) is 15.1 Å². The van der Waals surface area contributed by atoms with Crippen LogP contribution in [0.15, 0.2) is 18.2 Å². The molecule has 1 unspecified atom stereocenters. The maximum atomic E-state index is 11.1. The van der Waals surface area contributed by atoms with Crippen molar-refractivity contribution in [1.29, 1.82) is 5.26 Å². The Morgan fingerprint density at radius 1 is 1.67 bits per heavy atom. The molecule has 0 fully saturated rings. The fourth-order valence-electron chi connectivity index (χ4n) is 2.14. The Hall–Kier alpha value is -2.22. The van der Waals surface area contributed by atoms with Crippen molar-refractivity contribution in [3.8, 4) is 11.8 Å². The van der Waals surface area contributed by atoms with E-state index < -0.39 is 5.97 Å². The molecule has 0 bridgehead atoms. The summed E-state index contributed by atoms with van der Waals surface area (Å²) < 4.78 is 5.45. The highest BCUT2D eigenvalue weighted by Gasteiger charge is 2.27. The average molecular weight is 246 g/mol. The van der Waals surface area contributed by atoms with Crippen LogP contribution >= 0.6 is 0 Å². The van der Waals surface area contributed by atoms with E-state index in [-0.39, 0.29) is 11.6 Å². The van der Waals surface area contributed by atoms with Crippen LogP contribution in [-0.4, -0.2) is 30.3 Å². The second kappa shape index (κ2) is 4.96. The van der Waals surface area contributed by atoms with Crippen molar-refractivity contribution in [2.45, 2.75) is 19.4 Å². The first-order valence-corrected chi connectivity index (χ1v) is 5.84. The highest BCUT2D eigenvalue weighted by Crippen LogP contribution is 2.36. The summed E-state index contributed by atoms with van der Waals surface area (Å²) in [6.45, 7) is 2.93. The summed E-state index contributed by atoms with van der Waals surface area (Å²) in [7, 11) is 0. The number of nitriles is 1. The second-order valence-electron chi connectivity index (χ2n) is 4.05. The van der Waals surface area contributed by atoms with Crippen molar-refractivity contribution < 1.29 is 14.6 Å². The molecule has 18 heavy (non-hydrogen) atoms. The Labute approximate surface area is 105 Å². The molecule has 1 aliphatic rings. The lowest BCUT2D eigenvalue weighted by atomic mass is 10.1. The summed E-state index contributed by atoms with van der Waals surface area (Å²) in [5, 5.41) is 18.3. The van der Waals surface area contributed by atoms with Crippen LogP contribution in [0.5, 0.6) is 5.75 Å². The SMILES string of the molecule is CCC(C#N)N1CCOc2c(C(=O)O)cccc21. The highest BCUT2D eigenvalue weighted by molar-refractivity contribution is 5.93. The molecular weight excluding hydrogens is 232 g/mol. The third-order valence-corrected chi connectivity index (χ3v) is 3.02. The molecule has 0 saturated heterocycles. The van der Waals surface area contributed by atoms with Crippen molar-refractivity contribution in [1.82, 2.24) is 0 Å². The van der Waals surface area contributed by atoms with Gasteiger partial charge in [0.05, 0.1) is 18.3 Å². The van der Waals surface area contributed by atoms with Crippen molar-refractivity contribution in [3.63, 3.8) is 0 Å². The molecule has 0 amide bonds. The maximum absolute atomic E-state index is 11.1. The van der Waals surface area contributed by atoms with Crippen LogP contribution in [0.4, 0.5) is 5.69 Å². The molecule has 1 N–H and O–H groups in total. The molecular formula is C13H14N2O3. The minimum atomic E-state index is -1.02. The smallest absolute Gasteiger partial charge is 0.339 e. The molecule has 5 nitrogen and oxygen atoms in total.